The minimum Gasteiger partial charge on any atom is -0.350 e. The summed E-state index contributed by atoms with van der Waals surface area (Å²) in [7, 11) is 0. The van der Waals surface area contributed by atoms with E-state index in [1.165, 1.54) is 11.3 Å². The van der Waals surface area contributed by atoms with Crippen LogP contribution in [0.4, 0.5) is 5.69 Å². The van der Waals surface area contributed by atoms with Crippen molar-refractivity contribution >= 4 is 34.7 Å². The molecule has 6 nitrogen and oxygen atoms in total. The third-order valence-corrected chi connectivity index (χ3v) is 5.46. The summed E-state index contributed by atoms with van der Waals surface area (Å²) in [5.41, 5.74) is 1.61. The van der Waals surface area contributed by atoms with Crippen LogP contribution in [0.1, 0.15) is 41.9 Å². The fraction of sp³-hybridized carbons (Fsp3) is 0.381. The Balaban J connectivity index is 1.56. The summed E-state index contributed by atoms with van der Waals surface area (Å²) in [6.07, 6.45) is 1.91. The second-order valence-electron chi connectivity index (χ2n) is 7.35. The van der Waals surface area contributed by atoms with Crippen molar-refractivity contribution in [2.75, 3.05) is 5.32 Å². The summed E-state index contributed by atoms with van der Waals surface area (Å²) >= 11 is 1.34. The average molecular weight is 400 g/mol. The number of carbonyl (C=O) groups excluding carboxylic acids is 3. The van der Waals surface area contributed by atoms with E-state index in [0.717, 1.165) is 24.1 Å². The summed E-state index contributed by atoms with van der Waals surface area (Å²) in [6, 6.07) is 10.4. The summed E-state index contributed by atoms with van der Waals surface area (Å²) in [5.74, 6) is -0.325. The van der Waals surface area contributed by atoms with E-state index >= 15 is 0 Å². The van der Waals surface area contributed by atoms with Gasteiger partial charge in [-0.2, -0.15) is 0 Å². The lowest BCUT2D eigenvalue weighted by atomic mass is 10.0. The van der Waals surface area contributed by atoms with Crippen molar-refractivity contribution in [2.45, 2.75) is 39.3 Å². The highest BCUT2D eigenvalue weighted by Crippen LogP contribution is 2.30. The van der Waals surface area contributed by atoms with Gasteiger partial charge in [0.25, 0.3) is 5.91 Å². The highest BCUT2D eigenvalue weighted by atomic mass is 32.1. The highest BCUT2D eigenvalue weighted by molar-refractivity contribution is 7.12. The Kier molecular flexibility index (Phi) is 6.46. The van der Waals surface area contributed by atoms with Crippen LogP contribution in [0, 0.1) is 11.8 Å². The number of nitrogens with one attached hydrogen (secondary N) is 3. The standard InChI is InChI=1S/C21H25N3O3S/c1-13(2)18(24-20(26)17-7-4-10-28-17)21(27)22-12-14-5-3-6-16(11-14)23-19(25)15-8-9-15/h3-7,10-11,13,15,18H,8-9,12H2,1-2H3,(H,22,27)(H,23,25)(H,24,26). The predicted octanol–water partition coefficient (Wildman–Crippen LogP) is 3.17. The molecular formula is C21H25N3O3S. The van der Waals surface area contributed by atoms with E-state index in [1.807, 2.05) is 43.5 Å². The molecule has 28 heavy (non-hydrogen) atoms. The molecule has 3 rings (SSSR count). The van der Waals surface area contributed by atoms with Crippen molar-refractivity contribution in [1.82, 2.24) is 10.6 Å². The number of carbonyl (C=O) groups is 3. The Morgan fingerprint density at radius 3 is 2.57 bits per heavy atom. The lowest BCUT2D eigenvalue weighted by Gasteiger charge is -2.21. The maximum Gasteiger partial charge on any atom is 0.262 e. The zero-order valence-electron chi connectivity index (χ0n) is 16.0. The molecule has 1 heterocycles. The first-order chi connectivity index (χ1) is 13.4. The maximum absolute atomic E-state index is 12.6. The molecule has 3 N–H and O–H groups in total. The topological polar surface area (TPSA) is 87.3 Å². The third kappa shape index (κ3) is 5.42. The van der Waals surface area contributed by atoms with Gasteiger partial charge >= 0.3 is 0 Å². The normalized spacial score (nSPS) is 14.4. The van der Waals surface area contributed by atoms with E-state index in [4.69, 9.17) is 0 Å². The molecule has 0 radical (unpaired) electrons. The molecule has 1 unspecified atom stereocenters. The molecule has 1 aliphatic carbocycles. The molecule has 1 saturated carbocycles. The van der Waals surface area contributed by atoms with E-state index in [2.05, 4.69) is 16.0 Å². The van der Waals surface area contributed by atoms with Crippen molar-refractivity contribution in [1.29, 1.82) is 0 Å². The number of hydrogen-bond acceptors (Lipinski definition) is 4. The van der Waals surface area contributed by atoms with Crippen LogP contribution in [0.3, 0.4) is 0 Å². The maximum atomic E-state index is 12.6. The van der Waals surface area contributed by atoms with Gasteiger partial charge in [0, 0.05) is 18.2 Å². The minimum atomic E-state index is -0.618. The Labute approximate surface area is 168 Å². The van der Waals surface area contributed by atoms with Crippen molar-refractivity contribution in [2.24, 2.45) is 11.8 Å². The quantitative estimate of drug-likeness (QED) is 0.637. The highest BCUT2D eigenvalue weighted by Gasteiger charge is 2.29. The zero-order chi connectivity index (χ0) is 20.1. The van der Waals surface area contributed by atoms with Gasteiger partial charge in [0.2, 0.25) is 11.8 Å². The number of rotatable bonds is 8. The van der Waals surface area contributed by atoms with E-state index in [9.17, 15) is 14.4 Å². The van der Waals surface area contributed by atoms with Crippen molar-refractivity contribution < 1.29 is 14.4 Å². The monoisotopic (exact) mass is 399 g/mol. The Bertz CT molecular complexity index is 844. The van der Waals surface area contributed by atoms with Crippen LogP contribution in [0.25, 0.3) is 0 Å². The smallest absolute Gasteiger partial charge is 0.262 e. The van der Waals surface area contributed by atoms with E-state index in [0.29, 0.717) is 11.4 Å². The van der Waals surface area contributed by atoms with Gasteiger partial charge < -0.3 is 16.0 Å². The SMILES string of the molecule is CC(C)C(NC(=O)c1cccs1)C(=O)NCc1cccc(NC(=O)C2CC2)c1. The molecule has 148 valence electrons. The number of anilines is 1. The van der Waals surface area contributed by atoms with Gasteiger partial charge in [-0.3, -0.25) is 14.4 Å². The molecule has 0 aliphatic heterocycles. The summed E-state index contributed by atoms with van der Waals surface area (Å²) < 4.78 is 0. The van der Waals surface area contributed by atoms with Crippen molar-refractivity contribution in [3.8, 4) is 0 Å². The molecule has 2 aromatic rings. The average Bonchev–Trinajstić information content (AvgIpc) is 3.38. The molecule has 1 aromatic heterocycles. The lowest BCUT2D eigenvalue weighted by molar-refractivity contribution is -0.124. The van der Waals surface area contributed by atoms with Gasteiger partial charge in [0.05, 0.1) is 4.88 Å². The predicted molar refractivity (Wildman–Crippen MR) is 110 cm³/mol. The lowest BCUT2D eigenvalue weighted by Crippen LogP contribution is -2.49. The summed E-state index contributed by atoms with van der Waals surface area (Å²) in [6.45, 7) is 4.12. The molecule has 0 bridgehead atoms. The summed E-state index contributed by atoms with van der Waals surface area (Å²) in [5, 5.41) is 10.4. The van der Waals surface area contributed by atoms with Crippen LogP contribution < -0.4 is 16.0 Å². The number of amides is 3. The zero-order valence-corrected chi connectivity index (χ0v) is 16.8. The van der Waals surface area contributed by atoms with Crippen LogP contribution in [-0.4, -0.2) is 23.8 Å². The van der Waals surface area contributed by atoms with Crippen molar-refractivity contribution in [3.63, 3.8) is 0 Å². The van der Waals surface area contributed by atoms with Gasteiger partial charge in [0.15, 0.2) is 0 Å². The molecule has 1 atom stereocenters. The Morgan fingerprint density at radius 2 is 1.93 bits per heavy atom. The first kappa shape index (κ1) is 20.1. The van der Waals surface area contributed by atoms with Gasteiger partial charge in [-0.1, -0.05) is 32.0 Å². The van der Waals surface area contributed by atoms with Crippen molar-refractivity contribution in [3.05, 3.63) is 52.2 Å². The Morgan fingerprint density at radius 1 is 1.14 bits per heavy atom. The molecule has 1 fully saturated rings. The Hall–Kier alpha value is -2.67. The first-order valence-electron chi connectivity index (χ1n) is 9.46. The molecule has 0 spiro atoms. The van der Waals surface area contributed by atoms with Crippen LogP contribution in [0.2, 0.25) is 0 Å². The number of benzene rings is 1. The molecule has 7 heteroatoms. The second kappa shape index (κ2) is 9.01. The van der Waals surface area contributed by atoms with Crippen LogP contribution in [0.5, 0.6) is 0 Å². The molecule has 1 aromatic carbocycles. The fourth-order valence-electron chi connectivity index (χ4n) is 2.80. The van der Waals surface area contributed by atoms with E-state index in [-0.39, 0.29) is 29.6 Å². The third-order valence-electron chi connectivity index (χ3n) is 4.59. The number of hydrogen-bond donors (Lipinski definition) is 3. The molecular weight excluding hydrogens is 374 g/mol. The molecule has 1 aliphatic rings. The van der Waals surface area contributed by atoms with E-state index in [1.54, 1.807) is 12.1 Å². The van der Waals surface area contributed by atoms with Gasteiger partial charge in [0.1, 0.15) is 6.04 Å². The second-order valence-corrected chi connectivity index (χ2v) is 8.30. The van der Waals surface area contributed by atoms with Crippen LogP contribution in [0.15, 0.2) is 41.8 Å². The van der Waals surface area contributed by atoms with E-state index < -0.39 is 6.04 Å². The van der Waals surface area contributed by atoms with Gasteiger partial charge in [-0.25, -0.2) is 0 Å². The molecule has 0 saturated heterocycles. The van der Waals surface area contributed by atoms with Gasteiger partial charge in [-0.15, -0.1) is 11.3 Å². The minimum absolute atomic E-state index is 0.0481. The number of thiophene rings is 1. The summed E-state index contributed by atoms with van der Waals surface area (Å²) in [4.78, 5) is 37.4. The largest absolute Gasteiger partial charge is 0.350 e. The van der Waals surface area contributed by atoms with Gasteiger partial charge in [-0.05, 0) is 47.9 Å². The van der Waals surface area contributed by atoms with Crippen LogP contribution in [-0.2, 0) is 16.1 Å². The molecule has 3 amide bonds. The fourth-order valence-corrected chi connectivity index (χ4v) is 3.43. The first-order valence-corrected chi connectivity index (χ1v) is 10.3. The van der Waals surface area contributed by atoms with Crippen LogP contribution >= 0.6 is 11.3 Å².